The highest BCUT2D eigenvalue weighted by Crippen LogP contribution is 2.28. The molecular weight excluding hydrogens is 743 g/mol. The lowest BCUT2D eigenvalue weighted by Gasteiger charge is -2.10. The van der Waals surface area contributed by atoms with E-state index in [9.17, 15) is 19.2 Å². The van der Waals surface area contributed by atoms with E-state index in [0.717, 1.165) is 74.6 Å². The molecule has 0 spiro atoms. The third kappa shape index (κ3) is 10.8. The predicted octanol–water partition coefficient (Wildman–Crippen LogP) is 11.5. The summed E-state index contributed by atoms with van der Waals surface area (Å²) >= 11 is 0. The minimum atomic E-state index is -0.990. The monoisotopic (exact) mass is 784 g/mol. The van der Waals surface area contributed by atoms with Gasteiger partial charge in [-0.05, 0) is 120 Å². The van der Waals surface area contributed by atoms with Crippen LogP contribution in [0.25, 0.3) is 10.8 Å². The molecular formula is C48H42F2O8. The molecule has 0 N–H and O–H groups in total. The number of hydrogen-bond donors (Lipinski definition) is 0. The second-order valence-electron chi connectivity index (χ2n) is 13.8. The Morgan fingerprint density at radius 2 is 0.776 bits per heavy atom. The summed E-state index contributed by atoms with van der Waals surface area (Å²) in [5, 5.41) is 1.20. The van der Waals surface area contributed by atoms with Crippen molar-refractivity contribution in [3.05, 3.63) is 166 Å². The molecule has 8 nitrogen and oxygen atoms in total. The zero-order valence-electron chi connectivity index (χ0n) is 32.2. The molecule has 296 valence electrons. The first-order valence-electron chi connectivity index (χ1n) is 19.3. The fourth-order valence-electron chi connectivity index (χ4n) is 6.21. The SMILES string of the molecule is CCCCCc1ccc(C(=O)Oc2ccc(C(=O)Oc3ccc4ccc(OC(=O)c5ccc(OC(=O)c6ccc(CCCCC)cc6)cc5F)cc4c3)c(F)c2)cc1. The number of esters is 4. The lowest BCUT2D eigenvalue weighted by atomic mass is 10.1. The first-order valence-corrected chi connectivity index (χ1v) is 19.3. The highest BCUT2D eigenvalue weighted by atomic mass is 19.1. The van der Waals surface area contributed by atoms with Crippen molar-refractivity contribution in [1.82, 2.24) is 0 Å². The number of benzene rings is 6. The molecule has 0 aromatic heterocycles. The van der Waals surface area contributed by atoms with E-state index in [2.05, 4.69) is 13.8 Å². The molecule has 0 amide bonds. The van der Waals surface area contributed by atoms with Gasteiger partial charge in [0, 0.05) is 12.1 Å². The second-order valence-corrected chi connectivity index (χ2v) is 13.8. The molecule has 0 saturated carbocycles. The Morgan fingerprint density at radius 3 is 1.16 bits per heavy atom. The smallest absolute Gasteiger partial charge is 0.346 e. The molecule has 0 atom stereocenters. The van der Waals surface area contributed by atoms with Gasteiger partial charge in [0.15, 0.2) is 0 Å². The molecule has 58 heavy (non-hydrogen) atoms. The van der Waals surface area contributed by atoms with Crippen molar-refractivity contribution < 1.29 is 46.9 Å². The lowest BCUT2D eigenvalue weighted by molar-refractivity contribution is 0.0715. The summed E-state index contributed by atoms with van der Waals surface area (Å²) < 4.78 is 51.7. The first kappa shape index (κ1) is 41.0. The van der Waals surface area contributed by atoms with E-state index in [0.29, 0.717) is 21.9 Å². The van der Waals surface area contributed by atoms with Crippen molar-refractivity contribution in [3.8, 4) is 23.0 Å². The molecule has 0 unspecified atom stereocenters. The molecule has 0 aliphatic heterocycles. The number of aryl methyl sites for hydroxylation is 2. The molecule has 0 aliphatic rings. The van der Waals surface area contributed by atoms with Crippen LogP contribution in [0.5, 0.6) is 23.0 Å². The number of unbranched alkanes of at least 4 members (excludes halogenated alkanes) is 4. The second kappa shape index (κ2) is 19.5. The largest absolute Gasteiger partial charge is 0.423 e. The zero-order valence-corrected chi connectivity index (χ0v) is 32.2. The molecule has 0 saturated heterocycles. The number of fused-ring (bicyclic) bond motifs is 1. The van der Waals surface area contributed by atoms with E-state index >= 15 is 8.78 Å². The standard InChI is InChI=1S/C48H42F2O8/c1-3-5-7-9-31-11-15-34(16-12-31)45(51)55-39-23-25-41(43(49)29-39)47(53)57-37-21-19-33-20-22-38(28-36(33)27-37)58-48(54)42-26-24-40(30-44(42)50)56-46(52)35-17-13-32(14-18-35)10-8-6-4-2/h11-30H,3-10H2,1-2H3. The van der Waals surface area contributed by atoms with Crippen molar-refractivity contribution in [2.24, 2.45) is 0 Å². The van der Waals surface area contributed by atoms with E-state index in [1.165, 1.54) is 48.5 Å². The average molecular weight is 785 g/mol. The van der Waals surface area contributed by atoms with Crippen LogP contribution >= 0.6 is 0 Å². The number of ether oxygens (including phenoxy) is 4. The highest BCUT2D eigenvalue weighted by molar-refractivity contribution is 5.95. The molecule has 6 aromatic rings. The normalized spacial score (nSPS) is 10.9. The van der Waals surface area contributed by atoms with Gasteiger partial charge in [-0.1, -0.05) is 75.9 Å². The summed E-state index contributed by atoms with van der Waals surface area (Å²) in [7, 11) is 0. The minimum absolute atomic E-state index is 0.0764. The molecule has 0 fully saturated rings. The molecule has 0 radical (unpaired) electrons. The Hall–Kier alpha value is -6.68. The first-order chi connectivity index (χ1) is 28.1. The summed E-state index contributed by atoms with van der Waals surface area (Å²) in [4.78, 5) is 51.2. The Balaban J connectivity index is 1.04. The fraction of sp³-hybridized carbons (Fsp3) is 0.208. The number of rotatable bonds is 16. The maximum atomic E-state index is 15.1. The summed E-state index contributed by atoms with van der Waals surface area (Å²) in [6, 6.07) is 30.3. The quantitative estimate of drug-likeness (QED) is 0.0543. The Morgan fingerprint density at radius 1 is 0.414 bits per heavy atom. The Bertz CT molecular complexity index is 2260. The van der Waals surface area contributed by atoms with Crippen LogP contribution in [0.4, 0.5) is 8.78 Å². The zero-order chi connectivity index (χ0) is 41.0. The summed E-state index contributed by atoms with van der Waals surface area (Å²) in [5.41, 5.74) is 2.09. The van der Waals surface area contributed by atoms with Crippen LogP contribution in [0, 0.1) is 11.6 Å². The molecule has 0 heterocycles. The van der Waals surface area contributed by atoms with Crippen molar-refractivity contribution in [3.63, 3.8) is 0 Å². The van der Waals surface area contributed by atoms with Crippen molar-refractivity contribution in [2.75, 3.05) is 0 Å². The van der Waals surface area contributed by atoms with Crippen LogP contribution in [0.15, 0.2) is 121 Å². The topological polar surface area (TPSA) is 105 Å². The van der Waals surface area contributed by atoms with Crippen LogP contribution in [0.3, 0.4) is 0 Å². The van der Waals surface area contributed by atoms with Crippen molar-refractivity contribution in [2.45, 2.75) is 65.2 Å². The van der Waals surface area contributed by atoms with Gasteiger partial charge in [-0.2, -0.15) is 0 Å². The number of hydrogen-bond acceptors (Lipinski definition) is 8. The van der Waals surface area contributed by atoms with Gasteiger partial charge in [0.25, 0.3) is 0 Å². The molecule has 0 bridgehead atoms. The van der Waals surface area contributed by atoms with Crippen molar-refractivity contribution in [1.29, 1.82) is 0 Å². The van der Waals surface area contributed by atoms with E-state index < -0.39 is 35.5 Å². The van der Waals surface area contributed by atoms with E-state index in [-0.39, 0.29) is 34.1 Å². The van der Waals surface area contributed by atoms with Gasteiger partial charge in [-0.15, -0.1) is 0 Å². The van der Waals surface area contributed by atoms with Gasteiger partial charge in [0.1, 0.15) is 34.6 Å². The molecule has 10 heteroatoms. The third-order valence-corrected chi connectivity index (χ3v) is 9.46. The van der Waals surface area contributed by atoms with Gasteiger partial charge in [-0.25, -0.2) is 28.0 Å². The maximum Gasteiger partial charge on any atom is 0.346 e. The number of halogens is 2. The lowest BCUT2D eigenvalue weighted by Crippen LogP contribution is -2.12. The van der Waals surface area contributed by atoms with E-state index in [1.54, 1.807) is 36.4 Å². The summed E-state index contributed by atoms with van der Waals surface area (Å²) in [6.45, 7) is 4.27. The molecule has 6 aromatic carbocycles. The average Bonchev–Trinajstić information content (AvgIpc) is 3.21. The van der Waals surface area contributed by atoms with Crippen LogP contribution in [0.2, 0.25) is 0 Å². The number of carbonyl (C=O) groups is 4. The number of carbonyl (C=O) groups excluding carboxylic acids is 4. The summed E-state index contributed by atoms with van der Waals surface area (Å²) in [5.74, 6) is -5.19. The van der Waals surface area contributed by atoms with Crippen LogP contribution in [-0.4, -0.2) is 23.9 Å². The predicted molar refractivity (Wildman–Crippen MR) is 216 cm³/mol. The third-order valence-electron chi connectivity index (χ3n) is 9.46. The highest BCUT2D eigenvalue weighted by Gasteiger charge is 2.19. The van der Waals surface area contributed by atoms with E-state index in [4.69, 9.17) is 18.9 Å². The van der Waals surface area contributed by atoms with Gasteiger partial charge in [0.2, 0.25) is 0 Å². The van der Waals surface area contributed by atoms with Gasteiger partial charge < -0.3 is 18.9 Å². The van der Waals surface area contributed by atoms with Crippen LogP contribution in [0.1, 0.15) is 105 Å². The van der Waals surface area contributed by atoms with E-state index in [1.807, 2.05) is 24.3 Å². The van der Waals surface area contributed by atoms with Gasteiger partial charge in [-0.3, -0.25) is 0 Å². The Kier molecular flexibility index (Phi) is 13.7. The maximum absolute atomic E-state index is 15.1. The fourth-order valence-corrected chi connectivity index (χ4v) is 6.21. The van der Waals surface area contributed by atoms with Crippen LogP contribution < -0.4 is 18.9 Å². The summed E-state index contributed by atoms with van der Waals surface area (Å²) in [6.07, 6.45) is 8.44. The minimum Gasteiger partial charge on any atom is -0.423 e. The molecule has 0 aliphatic carbocycles. The van der Waals surface area contributed by atoms with Gasteiger partial charge in [0.05, 0.1) is 22.3 Å². The Labute approximate surface area is 335 Å². The molecule has 6 rings (SSSR count). The van der Waals surface area contributed by atoms with Crippen LogP contribution in [-0.2, 0) is 12.8 Å². The van der Waals surface area contributed by atoms with Gasteiger partial charge >= 0.3 is 23.9 Å². The van der Waals surface area contributed by atoms with Crippen molar-refractivity contribution >= 4 is 34.6 Å².